The van der Waals surface area contributed by atoms with Gasteiger partial charge in [-0.05, 0) is 67.6 Å². The lowest BCUT2D eigenvalue weighted by atomic mass is 10.2. The van der Waals surface area contributed by atoms with E-state index < -0.39 is 17.3 Å². The van der Waals surface area contributed by atoms with Gasteiger partial charge in [0.1, 0.15) is 5.82 Å². The number of imidazole rings is 1. The van der Waals surface area contributed by atoms with Crippen LogP contribution in [-0.2, 0) is 11.3 Å². The van der Waals surface area contributed by atoms with E-state index in [1.807, 2.05) is 0 Å². The lowest BCUT2D eigenvalue weighted by Gasteiger charge is -2.08. The van der Waals surface area contributed by atoms with Crippen LogP contribution in [0.4, 0.5) is 23.8 Å². The van der Waals surface area contributed by atoms with Gasteiger partial charge in [0.25, 0.3) is 0 Å². The Labute approximate surface area is 184 Å². The maximum Gasteiger partial charge on any atom is 0.446 e. The summed E-state index contributed by atoms with van der Waals surface area (Å²) in [7, 11) is 0. The Hall–Kier alpha value is -3.41. The maximum atomic E-state index is 13.0. The van der Waals surface area contributed by atoms with Crippen molar-refractivity contribution in [3.8, 4) is 11.6 Å². The molecular formula is C20H19F3N4O4S. The number of alkyl halides is 3. The van der Waals surface area contributed by atoms with Crippen LogP contribution in [0.25, 0.3) is 5.69 Å². The number of halogens is 3. The molecule has 2 N–H and O–H groups in total. The molecule has 0 saturated carbocycles. The van der Waals surface area contributed by atoms with E-state index in [9.17, 15) is 27.9 Å². The van der Waals surface area contributed by atoms with E-state index in [1.54, 1.807) is 26.0 Å². The number of benzene rings is 1. The third kappa shape index (κ3) is 5.44. The van der Waals surface area contributed by atoms with Crippen molar-refractivity contribution >= 4 is 23.7 Å². The monoisotopic (exact) mass is 468 g/mol. The SMILES string of the molecule is CCOC(=O)Nc1cc(Cn2c(C)c(O)n(-c3ccc(SC(F)(F)F)cc3)c2=O)ccn1. The summed E-state index contributed by atoms with van der Waals surface area (Å²) in [6.07, 6.45) is 0.784. The minimum atomic E-state index is -4.42. The summed E-state index contributed by atoms with van der Waals surface area (Å²) in [6.45, 7) is 3.47. The molecule has 0 unspecified atom stereocenters. The van der Waals surface area contributed by atoms with Gasteiger partial charge in [0.05, 0.1) is 24.5 Å². The number of nitrogens with one attached hydrogen (secondary N) is 1. The molecule has 3 aromatic rings. The summed E-state index contributed by atoms with van der Waals surface area (Å²) in [5.74, 6) is -0.0989. The fourth-order valence-corrected chi connectivity index (χ4v) is 3.49. The molecule has 32 heavy (non-hydrogen) atoms. The first kappa shape index (κ1) is 23.3. The Bertz CT molecular complexity index is 1170. The zero-order chi connectivity index (χ0) is 23.5. The van der Waals surface area contributed by atoms with Crippen LogP contribution < -0.4 is 11.0 Å². The molecule has 0 spiro atoms. The van der Waals surface area contributed by atoms with Gasteiger partial charge in [-0.2, -0.15) is 13.2 Å². The third-order valence-electron chi connectivity index (χ3n) is 4.36. The van der Waals surface area contributed by atoms with Crippen LogP contribution >= 0.6 is 11.8 Å². The minimum Gasteiger partial charge on any atom is -0.493 e. The third-order valence-corrected chi connectivity index (χ3v) is 5.10. The molecule has 0 aliphatic carbocycles. The second-order valence-electron chi connectivity index (χ2n) is 6.55. The number of pyridine rings is 1. The van der Waals surface area contributed by atoms with E-state index in [4.69, 9.17) is 4.74 Å². The molecule has 0 bridgehead atoms. The summed E-state index contributed by atoms with van der Waals surface area (Å²) in [5, 5.41) is 13.0. The zero-order valence-electron chi connectivity index (χ0n) is 17.0. The molecule has 0 aliphatic heterocycles. The highest BCUT2D eigenvalue weighted by atomic mass is 32.2. The predicted octanol–water partition coefficient (Wildman–Crippen LogP) is 4.28. The number of rotatable bonds is 6. The first-order valence-electron chi connectivity index (χ1n) is 9.35. The highest BCUT2D eigenvalue weighted by molar-refractivity contribution is 8.00. The van der Waals surface area contributed by atoms with Crippen LogP contribution in [0.15, 0.2) is 52.3 Å². The van der Waals surface area contributed by atoms with E-state index in [0.717, 1.165) is 4.57 Å². The Kier molecular flexibility index (Phi) is 6.82. The van der Waals surface area contributed by atoms with Gasteiger partial charge in [-0.1, -0.05) is 0 Å². The average molecular weight is 468 g/mol. The van der Waals surface area contributed by atoms with Gasteiger partial charge in [-0.15, -0.1) is 0 Å². The molecule has 3 rings (SSSR count). The van der Waals surface area contributed by atoms with Crippen molar-refractivity contribution < 1.29 is 27.8 Å². The number of anilines is 1. The Balaban J connectivity index is 1.87. The molecule has 8 nitrogen and oxygen atoms in total. The lowest BCUT2D eigenvalue weighted by molar-refractivity contribution is -0.0328. The second kappa shape index (κ2) is 9.39. The number of thioether (sulfide) groups is 1. The van der Waals surface area contributed by atoms with Crippen LogP contribution in [0.5, 0.6) is 5.88 Å². The molecule has 1 amide bonds. The molecule has 12 heteroatoms. The molecule has 1 aromatic carbocycles. The number of carbonyl (C=O) groups is 1. The zero-order valence-corrected chi connectivity index (χ0v) is 17.8. The highest BCUT2D eigenvalue weighted by Crippen LogP contribution is 2.37. The standard InChI is InChI=1S/C20H19F3N4O4S/c1-3-31-18(29)25-16-10-13(8-9-24-16)11-26-12(2)17(28)27(19(26)30)14-4-6-15(7-5-14)32-20(21,22)23/h4-10,28H,3,11H2,1-2H3,(H,24,25,29). The second-order valence-corrected chi connectivity index (χ2v) is 7.69. The highest BCUT2D eigenvalue weighted by Gasteiger charge is 2.29. The number of amides is 1. The first-order valence-corrected chi connectivity index (χ1v) is 10.2. The van der Waals surface area contributed by atoms with Crippen LogP contribution in [0.2, 0.25) is 0 Å². The van der Waals surface area contributed by atoms with Crippen LogP contribution in [0.3, 0.4) is 0 Å². The largest absolute Gasteiger partial charge is 0.493 e. The number of carbonyl (C=O) groups excluding carboxylic acids is 1. The van der Waals surface area contributed by atoms with E-state index in [2.05, 4.69) is 10.3 Å². The van der Waals surface area contributed by atoms with Gasteiger partial charge in [0, 0.05) is 11.1 Å². The van der Waals surface area contributed by atoms with Crippen molar-refractivity contribution in [1.82, 2.24) is 14.1 Å². The Morgan fingerprint density at radius 1 is 1.25 bits per heavy atom. The van der Waals surface area contributed by atoms with Gasteiger partial charge in [0.15, 0.2) is 0 Å². The van der Waals surface area contributed by atoms with Crippen LogP contribution in [0, 0.1) is 6.92 Å². The topological polar surface area (TPSA) is 98.4 Å². The van der Waals surface area contributed by atoms with Crippen molar-refractivity contribution in [2.24, 2.45) is 0 Å². The number of hydrogen-bond acceptors (Lipinski definition) is 6. The molecule has 0 fully saturated rings. The van der Waals surface area contributed by atoms with E-state index in [1.165, 1.54) is 35.0 Å². The quantitative estimate of drug-likeness (QED) is 0.524. The fourth-order valence-electron chi connectivity index (χ4n) is 2.95. The van der Waals surface area contributed by atoms with Gasteiger partial charge in [0.2, 0.25) is 5.88 Å². The van der Waals surface area contributed by atoms with Gasteiger partial charge in [-0.25, -0.2) is 19.1 Å². The van der Waals surface area contributed by atoms with Crippen LogP contribution in [-0.4, -0.2) is 37.4 Å². The molecule has 0 aliphatic rings. The molecule has 0 radical (unpaired) electrons. The van der Waals surface area contributed by atoms with Crippen molar-refractivity contribution in [1.29, 1.82) is 0 Å². The summed E-state index contributed by atoms with van der Waals surface area (Å²) in [4.78, 5) is 28.5. The Morgan fingerprint density at radius 3 is 2.56 bits per heavy atom. The summed E-state index contributed by atoms with van der Waals surface area (Å²) >= 11 is -0.268. The number of aromatic hydroxyl groups is 1. The summed E-state index contributed by atoms with van der Waals surface area (Å²) in [6, 6.07) is 8.30. The van der Waals surface area contributed by atoms with E-state index in [0.29, 0.717) is 5.56 Å². The van der Waals surface area contributed by atoms with Crippen molar-refractivity contribution in [2.75, 3.05) is 11.9 Å². The minimum absolute atomic E-state index is 0.0386. The normalized spacial score (nSPS) is 11.4. The predicted molar refractivity (Wildman–Crippen MR) is 112 cm³/mol. The van der Waals surface area contributed by atoms with Crippen molar-refractivity contribution in [3.63, 3.8) is 0 Å². The smallest absolute Gasteiger partial charge is 0.446 e. The first-order chi connectivity index (χ1) is 15.1. The number of nitrogens with zero attached hydrogens (tertiary/aromatic N) is 3. The fraction of sp³-hybridized carbons (Fsp3) is 0.250. The Morgan fingerprint density at radius 2 is 1.94 bits per heavy atom. The van der Waals surface area contributed by atoms with Gasteiger partial charge in [-0.3, -0.25) is 9.88 Å². The molecule has 0 saturated heterocycles. The number of ether oxygens (including phenoxy) is 1. The lowest BCUT2D eigenvalue weighted by Crippen LogP contribution is -2.24. The van der Waals surface area contributed by atoms with Gasteiger partial charge < -0.3 is 9.84 Å². The van der Waals surface area contributed by atoms with Crippen LogP contribution in [0.1, 0.15) is 18.2 Å². The number of aromatic nitrogens is 3. The van der Waals surface area contributed by atoms with E-state index >= 15 is 0 Å². The molecule has 2 aromatic heterocycles. The van der Waals surface area contributed by atoms with Crippen molar-refractivity contribution in [3.05, 3.63) is 64.3 Å². The molecule has 170 valence electrons. The maximum absolute atomic E-state index is 13.0. The molecular weight excluding hydrogens is 449 g/mol. The van der Waals surface area contributed by atoms with Crippen molar-refractivity contribution in [2.45, 2.75) is 30.8 Å². The molecule has 0 atom stereocenters. The molecule has 2 heterocycles. The summed E-state index contributed by atoms with van der Waals surface area (Å²) < 4.78 is 44.7. The number of hydrogen-bond donors (Lipinski definition) is 2. The van der Waals surface area contributed by atoms with Gasteiger partial charge >= 0.3 is 17.3 Å². The van der Waals surface area contributed by atoms with E-state index in [-0.39, 0.29) is 52.9 Å². The average Bonchev–Trinajstić information content (AvgIpc) is 2.91. The summed E-state index contributed by atoms with van der Waals surface area (Å²) in [5.41, 5.74) is -3.90.